The first-order valence-corrected chi connectivity index (χ1v) is 4.69. The third-order valence-corrected chi connectivity index (χ3v) is 2.80. The Morgan fingerprint density at radius 1 is 0.588 bits per heavy atom. The second kappa shape index (κ2) is 3.06. The van der Waals surface area contributed by atoms with Crippen LogP contribution in [0.15, 0.2) is 18.2 Å². The molecule has 3 rings (SSSR count). The predicted molar refractivity (Wildman–Crippen MR) is 50.7 cm³/mol. The summed E-state index contributed by atoms with van der Waals surface area (Å²) in [5.74, 6) is -7.64. The van der Waals surface area contributed by atoms with Crippen molar-refractivity contribution in [1.29, 1.82) is 0 Å². The van der Waals surface area contributed by atoms with Gasteiger partial charge in [-0.25, -0.2) is 22.0 Å². The summed E-state index contributed by atoms with van der Waals surface area (Å²) in [5, 5.41) is 0. The van der Waals surface area contributed by atoms with E-state index in [-0.39, 0.29) is 11.1 Å². The van der Waals surface area contributed by atoms with E-state index in [1.54, 1.807) is 0 Å². The lowest BCUT2D eigenvalue weighted by molar-refractivity contribution is 0.411. The summed E-state index contributed by atoms with van der Waals surface area (Å²) in [6.07, 6.45) is 0. The summed E-state index contributed by atoms with van der Waals surface area (Å²) in [6, 6.07) is 3.65. The topological polar surface area (TPSA) is 0 Å². The van der Waals surface area contributed by atoms with Crippen LogP contribution in [0.1, 0.15) is 0 Å². The van der Waals surface area contributed by atoms with Gasteiger partial charge < -0.3 is 0 Å². The molecule has 0 saturated carbocycles. The molecular weight excluding hydrogens is 239 g/mol. The highest BCUT2D eigenvalue weighted by Crippen LogP contribution is 2.51. The van der Waals surface area contributed by atoms with Crippen LogP contribution >= 0.6 is 0 Å². The fourth-order valence-corrected chi connectivity index (χ4v) is 2.04. The van der Waals surface area contributed by atoms with Gasteiger partial charge in [-0.2, -0.15) is 0 Å². The van der Waals surface area contributed by atoms with Gasteiger partial charge in [0.1, 0.15) is 5.82 Å². The zero-order chi connectivity index (χ0) is 12.3. The standard InChI is InChI=1S/C12H3F5/c13-5-3-1-2-4-6(5)8-7(4)9(14)11(16)12(17)10(8)15/h1-3H. The molecule has 86 valence electrons. The van der Waals surface area contributed by atoms with Crippen molar-refractivity contribution < 1.29 is 22.0 Å². The third kappa shape index (κ3) is 1.06. The van der Waals surface area contributed by atoms with Crippen LogP contribution in [0.25, 0.3) is 22.3 Å². The molecule has 0 bridgehead atoms. The Kier molecular flexibility index (Phi) is 1.85. The van der Waals surface area contributed by atoms with Gasteiger partial charge in [0.2, 0.25) is 0 Å². The normalized spacial score (nSPS) is 11.8. The number of hydrogen-bond donors (Lipinski definition) is 0. The lowest BCUT2D eigenvalue weighted by Gasteiger charge is -2.25. The maximum Gasteiger partial charge on any atom is 0.198 e. The van der Waals surface area contributed by atoms with Gasteiger partial charge in [-0.3, -0.25) is 0 Å². The van der Waals surface area contributed by atoms with Gasteiger partial charge in [-0.05, 0) is 11.6 Å². The Morgan fingerprint density at radius 3 is 1.82 bits per heavy atom. The zero-order valence-corrected chi connectivity index (χ0v) is 8.12. The van der Waals surface area contributed by atoms with E-state index >= 15 is 0 Å². The van der Waals surface area contributed by atoms with Crippen molar-refractivity contribution in [3.8, 4) is 22.3 Å². The predicted octanol–water partition coefficient (Wildman–Crippen LogP) is 4.03. The maximum absolute atomic E-state index is 13.4. The van der Waals surface area contributed by atoms with Gasteiger partial charge in [0.25, 0.3) is 0 Å². The third-order valence-electron chi connectivity index (χ3n) is 2.80. The van der Waals surface area contributed by atoms with Crippen molar-refractivity contribution in [3.05, 3.63) is 47.3 Å². The summed E-state index contributed by atoms with van der Waals surface area (Å²) in [4.78, 5) is 0. The number of fused-ring (bicyclic) bond motifs is 4. The molecular formula is C12H3F5. The van der Waals surface area contributed by atoms with E-state index in [0.29, 0.717) is 0 Å². The molecule has 2 aromatic carbocycles. The van der Waals surface area contributed by atoms with E-state index in [1.165, 1.54) is 12.1 Å². The highest BCUT2D eigenvalue weighted by atomic mass is 19.2. The molecule has 0 nitrogen and oxygen atoms in total. The SMILES string of the molecule is Fc1cccc2c1-c1c(F)c(F)c(F)c(F)c1-2. The summed E-state index contributed by atoms with van der Waals surface area (Å²) in [6.45, 7) is 0. The van der Waals surface area contributed by atoms with Crippen LogP contribution in [0.2, 0.25) is 0 Å². The number of halogens is 5. The average Bonchev–Trinajstić information content (AvgIpc) is 2.27. The van der Waals surface area contributed by atoms with Crippen LogP contribution in [0.4, 0.5) is 22.0 Å². The van der Waals surface area contributed by atoms with E-state index < -0.39 is 40.2 Å². The molecule has 0 N–H and O–H groups in total. The molecule has 0 radical (unpaired) electrons. The fraction of sp³-hybridized carbons (Fsp3) is 0. The van der Waals surface area contributed by atoms with E-state index in [0.717, 1.165) is 6.07 Å². The maximum atomic E-state index is 13.4. The Balaban J connectivity index is 2.43. The fourth-order valence-electron chi connectivity index (χ4n) is 2.04. The van der Waals surface area contributed by atoms with Crippen molar-refractivity contribution in [2.24, 2.45) is 0 Å². The Bertz CT molecular complexity index is 661. The number of benzene rings is 2. The summed E-state index contributed by atoms with van der Waals surface area (Å²) < 4.78 is 66.1. The minimum atomic E-state index is -1.92. The second-order valence-electron chi connectivity index (χ2n) is 3.67. The van der Waals surface area contributed by atoms with Gasteiger partial charge >= 0.3 is 0 Å². The van der Waals surface area contributed by atoms with E-state index in [1.807, 2.05) is 0 Å². The molecule has 2 aromatic rings. The molecule has 0 saturated heterocycles. The van der Waals surface area contributed by atoms with Crippen molar-refractivity contribution in [3.63, 3.8) is 0 Å². The van der Waals surface area contributed by atoms with Crippen LogP contribution in [-0.2, 0) is 0 Å². The second-order valence-corrected chi connectivity index (χ2v) is 3.67. The smallest absolute Gasteiger partial charge is 0.198 e. The molecule has 0 unspecified atom stereocenters. The molecule has 0 atom stereocenters. The molecule has 17 heavy (non-hydrogen) atoms. The molecule has 0 heterocycles. The van der Waals surface area contributed by atoms with Crippen molar-refractivity contribution in [1.82, 2.24) is 0 Å². The summed E-state index contributed by atoms with van der Waals surface area (Å²) in [5.41, 5.74) is -1.10. The molecule has 0 amide bonds. The first-order chi connectivity index (χ1) is 8.04. The van der Waals surface area contributed by atoms with Crippen LogP contribution in [-0.4, -0.2) is 0 Å². The summed E-state index contributed by atoms with van der Waals surface area (Å²) >= 11 is 0. The molecule has 0 fully saturated rings. The van der Waals surface area contributed by atoms with Gasteiger partial charge in [-0.1, -0.05) is 12.1 Å². The van der Waals surface area contributed by atoms with Crippen LogP contribution in [0.5, 0.6) is 0 Å². The molecule has 0 aromatic heterocycles. The minimum absolute atomic E-state index is 0.0512. The average molecular weight is 242 g/mol. The van der Waals surface area contributed by atoms with Crippen LogP contribution in [0, 0.1) is 29.1 Å². The number of hydrogen-bond acceptors (Lipinski definition) is 0. The molecule has 5 heteroatoms. The molecule has 0 aliphatic heterocycles. The van der Waals surface area contributed by atoms with Crippen LogP contribution < -0.4 is 0 Å². The molecule has 1 aliphatic rings. The monoisotopic (exact) mass is 242 g/mol. The first kappa shape index (κ1) is 10.3. The van der Waals surface area contributed by atoms with Crippen molar-refractivity contribution in [2.45, 2.75) is 0 Å². The van der Waals surface area contributed by atoms with Crippen molar-refractivity contribution in [2.75, 3.05) is 0 Å². The lowest BCUT2D eigenvalue weighted by atomic mass is 9.79. The minimum Gasteiger partial charge on any atom is -0.206 e. The van der Waals surface area contributed by atoms with Gasteiger partial charge in [0.15, 0.2) is 23.3 Å². The Hall–Kier alpha value is -1.91. The Morgan fingerprint density at radius 2 is 1.18 bits per heavy atom. The van der Waals surface area contributed by atoms with Gasteiger partial charge in [0, 0.05) is 16.7 Å². The first-order valence-electron chi connectivity index (χ1n) is 4.69. The molecule has 0 spiro atoms. The van der Waals surface area contributed by atoms with E-state index in [9.17, 15) is 22.0 Å². The Labute approximate surface area is 92.3 Å². The van der Waals surface area contributed by atoms with E-state index in [2.05, 4.69) is 0 Å². The quantitative estimate of drug-likeness (QED) is 0.317. The van der Waals surface area contributed by atoms with Crippen molar-refractivity contribution >= 4 is 0 Å². The van der Waals surface area contributed by atoms with E-state index in [4.69, 9.17) is 0 Å². The van der Waals surface area contributed by atoms with Crippen LogP contribution in [0.3, 0.4) is 0 Å². The zero-order valence-electron chi connectivity index (χ0n) is 8.12. The molecule has 1 aliphatic carbocycles. The highest BCUT2D eigenvalue weighted by Gasteiger charge is 2.36. The highest BCUT2D eigenvalue weighted by molar-refractivity contribution is 6.03. The van der Waals surface area contributed by atoms with Gasteiger partial charge in [0.05, 0.1) is 0 Å². The number of rotatable bonds is 0. The largest absolute Gasteiger partial charge is 0.206 e. The lowest BCUT2D eigenvalue weighted by Crippen LogP contribution is -2.11. The summed E-state index contributed by atoms with van der Waals surface area (Å²) in [7, 11) is 0. The van der Waals surface area contributed by atoms with Gasteiger partial charge in [-0.15, -0.1) is 0 Å².